The van der Waals surface area contributed by atoms with Crippen LogP contribution in [0.25, 0.3) is 10.4 Å². The normalized spacial score (nSPS) is 9.85. The molecule has 0 N–H and O–H groups in total. The Kier molecular flexibility index (Phi) is 2.23. The fourth-order valence-corrected chi connectivity index (χ4v) is 1.95. The monoisotopic (exact) mass is 187 g/mol. The van der Waals surface area contributed by atoms with Crippen LogP contribution < -0.4 is 0 Å². The van der Waals surface area contributed by atoms with Gasteiger partial charge < -0.3 is 0 Å². The van der Waals surface area contributed by atoms with Crippen molar-refractivity contribution in [1.82, 2.24) is 0 Å². The molecule has 1 radical (unpaired) electrons. The second kappa shape index (κ2) is 3.54. The second-order valence-electron chi connectivity index (χ2n) is 2.61. The third-order valence-electron chi connectivity index (χ3n) is 1.75. The van der Waals surface area contributed by atoms with E-state index >= 15 is 0 Å². The quantitative estimate of drug-likeness (QED) is 0.660. The first kappa shape index (κ1) is 8.20. The molecular formula is C11H7OS. The van der Waals surface area contributed by atoms with Gasteiger partial charge in [0.2, 0.25) is 0 Å². The van der Waals surface area contributed by atoms with Crippen molar-refractivity contribution >= 4 is 17.6 Å². The molecule has 2 aromatic rings. The van der Waals surface area contributed by atoms with E-state index in [0.29, 0.717) is 0 Å². The number of benzene rings is 1. The lowest BCUT2D eigenvalue weighted by molar-refractivity contribution is 0.112. The van der Waals surface area contributed by atoms with Crippen LogP contribution in [0.5, 0.6) is 0 Å². The van der Waals surface area contributed by atoms with E-state index in [4.69, 9.17) is 0 Å². The molecule has 2 heteroatoms. The maximum absolute atomic E-state index is 10.5. The van der Waals surface area contributed by atoms with Gasteiger partial charge in [0.05, 0.1) is 4.88 Å². The van der Waals surface area contributed by atoms with E-state index in [2.05, 4.69) is 6.07 Å². The molecule has 1 aromatic carbocycles. The summed E-state index contributed by atoms with van der Waals surface area (Å²) in [6.45, 7) is 0. The van der Waals surface area contributed by atoms with E-state index in [9.17, 15) is 4.79 Å². The highest BCUT2D eigenvalue weighted by atomic mass is 32.1. The van der Waals surface area contributed by atoms with E-state index in [1.807, 2.05) is 36.4 Å². The zero-order valence-corrected chi connectivity index (χ0v) is 7.67. The van der Waals surface area contributed by atoms with Crippen molar-refractivity contribution in [2.24, 2.45) is 0 Å². The highest BCUT2D eigenvalue weighted by Gasteiger charge is 2.00. The number of aldehydes is 1. The van der Waals surface area contributed by atoms with Gasteiger partial charge in [-0.3, -0.25) is 4.79 Å². The smallest absolute Gasteiger partial charge is 0.160 e. The first-order valence-electron chi connectivity index (χ1n) is 3.91. The van der Waals surface area contributed by atoms with Crippen LogP contribution in [0, 0.1) is 6.07 Å². The highest BCUT2D eigenvalue weighted by molar-refractivity contribution is 7.17. The summed E-state index contributed by atoms with van der Waals surface area (Å²) in [4.78, 5) is 12.3. The van der Waals surface area contributed by atoms with Gasteiger partial charge in [0.25, 0.3) is 0 Å². The maximum Gasteiger partial charge on any atom is 0.160 e. The predicted molar refractivity (Wildman–Crippen MR) is 54.0 cm³/mol. The number of rotatable bonds is 2. The molecule has 1 heterocycles. The summed E-state index contributed by atoms with van der Waals surface area (Å²) < 4.78 is 0. The molecule has 0 spiro atoms. The van der Waals surface area contributed by atoms with E-state index in [1.165, 1.54) is 11.3 Å². The van der Waals surface area contributed by atoms with Crippen LogP contribution in [-0.2, 0) is 0 Å². The molecule has 0 aliphatic heterocycles. The third-order valence-corrected chi connectivity index (χ3v) is 2.81. The summed E-state index contributed by atoms with van der Waals surface area (Å²) in [5.41, 5.74) is 1.14. The van der Waals surface area contributed by atoms with Gasteiger partial charge in [-0.15, -0.1) is 11.3 Å². The molecule has 13 heavy (non-hydrogen) atoms. The molecule has 0 unspecified atom stereocenters. The predicted octanol–water partition coefficient (Wildman–Crippen LogP) is 3.03. The van der Waals surface area contributed by atoms with Crippen molar-refractivity contribution in [1.29, 1.82) is 0 Å². The molecule has 1 aromatic heterocycles. The number of hydrogen-bond acceptors (Lipinski definition) is 2. The number of carbonyl (C=O) groups is 1. The lowest BCUT2D eigenvalue weighted by Gasteiger charge is -1.93. The van der Waals surface area contributed by atoms with Crippen LogP contribution in [0.4, 0.5) is 0 Å². The van der Waals surface area contributed by atoms with E-state index < -0.39 is 0 Å². The molecular weight excluding hydrogens is 180 g/mol. The molecule has 63 valence electrons. The zero-order chi connectivity index (χ0) is 9.10. The molecule has 0 fully saturated rings. The van der Waals surface area contributed by atoms with Crippen LogP contribution in [-0.4, -0.2) is 6.29 Å². The van der Waals surface area contributed by atoms with Gasteiger partial charge in [-0.05, 0) is 23.8 Å². The third kappa shape index (κ3) is 1.68. The van der Waals surface area contributed by atoms with Gasteiger partial charge in [0.1, 0.15) is 0 Å². The highest BCUT2D eigenvalue weighted by Crippen LogP contribution is 2.26. The van der Waals surface area contributed by atoms with Crippen LogP contribution in [0.15, 0.2) is 36.4 Å². The van der Waals surface area contributed by atoms with Crippen LogP contribution in [0.1, 0.15) is 9.67 Å². The van der Waals surface area contributed by atoms with Gasteiger partial charge in [-0.25, -0.2) is 0 Å². The molecule has 1 nitrogen and oxygen atoms in total. The summed E-state index contributed by atoms with van der Waals surface area (Å²) in [5, 5.41) is 0. The first-order chi connectivity index (χ1) is 6.40. The average molecular weight is 187 g/mol. The van der Waals surface area contributed by atoms with Gasteiger partial charge in [0, 0.05) is 4.88 Å². The average Bonchev–Trinajstić information content (AvgIpc) is 2.67. The Labute approximate surface area is 80.7 Å². The standard InChI is InChI=1S/C11H7OS/c12-8-10-6-7-11(13-10)9-4-2-1-3-5-9/h2-8H. The second-order valence-corrected chi connectivity index (χ2v) is 3.72. The Balaban J connectivity index is 2.41. The van der Waals surface area contributed by atoms with Crippen molar-refractivity contribution in [3.8, 4) is 10.4 Å². The van der Waals surface area contributed by atoms with Crippen molar-refractivity contribution in [2.45, 2.75) is 0 Å². The van der Waals surface area contributed by atoms with Crippen LogP contribution in [0.3, 0.4) is 0 Å². The molecule has 2 rings (SSSR count). The first-order valence-corrected chi connectivity index (χ1v) is 4.73. The zero-order valence-electron chi connectivity index (χ0n) is 6.86. The number of hydrogen-bond donors (Lipinski definition) is 0. The minimum atomic E-state index is 0.767. The summed E-state index contributed by atoms with van der Waals surface area (Å²) >= 11 is 1.50. The molecule has 0 amide bonds. The van der Waals surface area contributed by atoms with Crippen LogP contribution in [0.2, 0.25) is 0 Å². The van der Waals surface area contributed by atoms with Gasteiger partial charge in [0.15, 0.2) is 6.29 Å². The van der Waals surface area contributed by atoms with Crippen LogP contribution >= 0.6 is 11.3 Å². The Hall–Kier alpha value is -1.41. The summed E-state index contributed by atoms with van der Waals surface area (Å²) in [6.07, 6.45) is 0.878. The van der Waals surface area contributed by atoms with Crippen molar-refractivity contribution in [3.63, 3.8) is 0 Å². The fourth-order valence-electron chi connectivity index (χ4n) is 1.12. The van der Waals surface area contributed by atoms with Crippen molar-refractivity contribution < 1.29 is 4.79 Å². The summed E-state index contributed by atoms with van der Waals surface area (Å²) in [5.74, 6) is 0. The Morgan fingerprint density at radius 1 is 1.15 bits per heavy atom. The lowest BCUT2D eigenvalue weighted by atomic mass is 10.2. The van der Waals surface area contributed by atoms with Gasteiger partial charge >= 0.3 is 0 Å². The van der Waals surface area contributed by atoms with Gasteiger partial charge in [-0.1, -0.05) is 24.3 Å². The molecule has 0 saturated carbocycles. The molecule has 0 aliphatic rings. The maximum atomic E-state index is 10.5. The minimum Gasteiger partial charge on any atom is -0.297 e. The van der Waals surface area contributed by atoms with Crippen molar-refractivity contribution in [2.75, 3.05) is 0 Å². The summed E-state index contributed by atoms with van der Waals surface area (Å²) in [6, 6.07) is 14.5. The molecule has 0 saturated heterocycles. The Bertz CT molecular complexity index is 403. The molecule has 0 bridgehead atoms. The molecule has 0 atom stereocenters. The Morgan fingerprint density at radius 3 is 2.54 bits per heavy atom. The number of thiophene rings is 1. The molecule has 0 aliphatic carbocycles. The van der Waals surface area contributed by atoms with E-state index in [-0.39, 0.29) is 0 Å². The van der Waals surface area contributed by atoms with Crippen molar-refractivity contribution in [3.05, 3.63) is 47.3 Å². The fraction of sp³-hybridized carbons (Fsp3) is 0. The SMILES string of the molecule is O=Cc1ccc(-c2cc[c]cc2)s1. The largest absolute Gasteiger partial charge is 0.297 e. The lowest BCUT2D eigenvalue weighted by Crippen LogP contribution is -1.68. The minimum absolute atomic E-state index is 0.767. The van der Waals surface area contributed by atoms with Gasteiger partial charge in [-0.2, -0.15) is 0 Å². The summed E-state index contributed by atoms with van der Waals surface area (Å²) in [7, 11) is 0. The van der Waals surface area contributed by atoms with E-state index in [0.717, 1.165) is 21.6 Å². The topological polar surface area (TPSA) is 17.1 Å². The van der Waals surface area contributed by atoms with E-state index in [1.54, 1.807) is 0 Å². The number of carbonyl (C=O) groups excluding carboxylic acids is 1. The Morgan fingerprint density at radius 2 is 1.92 bits per heavy atom.